The Morgan fingerprint density at radius 3 is 2.62 bits per heavy atom. The maximum atomic E-state index is 9.13. The standard InChI is InChI=1S/C13H9N2O/c14-9-10-2-1-3-12(8-10)15-11-4-6-13(16)7-5-11/h1-2,4-8,15-16H. The molecular formula is C13H9N2O. The fourth-order valence-corrected chi connectivity index (χ4v) is 1.31. The predicted octanol–water partition coefficient (Wildman–Crippen LogP) is 2.81. The van der Waals surface area contributed by atoms with E-state index in [1.165, 1.54) is 0 Å². The lowest BCUT2D eigenvalue weighted by Gasteiger charge is -2.05. The Bertz CT molecular complexity index is 526. The zero-order chi connectivity index (χ0) is 11.4. The van der Waals surface area contributed by atoms with Crippen molar-refractivity contribution in [3.05, 3.63) is 54.1 Å². The van der Waals surface area contributed by atoms with Crippen LogP contribution in [0.3, 0.4) is 0 Å². The van der Waals surface area contributed by atoms with Gasteiger partial charge in [0.05, 0.1) is 11.6 Å². The topological polar surface area (TPSA) is 56.0 Å². The number of hydrogen-bond donors (Lipinski definition) is 2. The molecule has 16 heavy (non-hydrogen) atoms. The van der Waals surface area contributed by atoms with E-state index in [0.717, 1.165) is 11.4 Å². The number of hydrogen-bond acceptors (Lipinski definition) is 3. The first-order valence-corrected chi connectivity index (χ1v) is 4.76. The lowest BCUT2D eigenvalue weighted by atomic mass is 10.2. The summed E-state index contributed by atoms with van der Waals surface area (Å²) in [4.78, 5) is 0. The summed E-state index contributed by atoms with van der Waals surface area (Å²) >= 11 is 0. The molecule has 2 aromatic carbocycles. The highest BCUT2D eigenvalue weighted by molar-refractivity contribution is 5.61. The molecule has 0 saturated carbocycles. The molecule has 2 rings (SSSR count). The summed E-state index contributed by atoms with van der Waals surface area (Å²) in [6.07, 6.45) is 0. The van der Waals surface area contributed by atoms with Gasteiger partial charge in [-0.15, -0.1) is 0 Å². The summed E-state index contributed by atoms with van der Waals surface area (Å²) in [6.45, 7) is 0. The SMILES string of the molecule is N#Cc1cc[c]c(Nc2ccc(O)cc2)c1. The Morgan fingerprint density at radius 1 is 1.19 bits per heavy atom. The van der Waals surface area contributed by atoms with Crippen molar-refractivity contribution in [2.45, 2.75) is 0 Å². The van der Waals surface area contributed by atoms with E-state index in [2.05, 4.69) is 17.5 Å². The Balaban J connectivity index is 2.21. The van der Waals surface area contributed by atoms with Crippen molar-refractivity contribution in [1.29, 1.82) is 5.26 Å². The van der Waals surface area contributed by atoms with Gasteiger partial charge in [-0.05, 0) is 36.4 Å². The van der Waals surface area contributed by atoms with Crippen molar-refractivity contribution in [2.24, 2.45) is 0 Å². The Morgan fingerprint density at radius 2 is 1.94 bits per heavy atom. The number of phenolic OH excluding ortho intramolecular Hbond substituents is 1. The van der Waals surface area contributed by atoms with Crippen molar-refractivity contribution < 1.29 is 5.11 Å². The number of rotatable bonds is 2. The summed E-state index contributed by atoms with van der Waals surface area (Å²) in [5.41, 5.74) is 2.15. The lowest BCUT2D eigenvalue weighted by molar-refractivity contribution is 0.475. The van der Waals surface area contributed by atoms with Gasteiger partial charge in [0.25, 0.3) is 0 Å². The van der Waals surface area contributed by atoms with Crippen molar-refractivity contribution in [3.63, 3.8) is 0 Å². The van der Waals surface area contributed by atoms with E-state index >= 15 is 0 Å². The van der Waals surface area contributed by atoms with E-state index in [0.29, 0.717) is 5.56 Å². The quantitative estimate of drug-likeness (QED) is 0.748. The predicted molar refractivity (Wildman–Crippen MR) is 61.4 cm³/mol. The molecule has 0 bridgehead atoms. The molecule has 0 fully saturated rings. The van der Waals surface area contributed by atoms with Crippen LogP contribution in [0.5, 0.6) is 5.75 Å². The molecule has 3 nitrogen and oxygen atoms in total. The van der Waals surface area contributed by atoms with Gasteiger partial charge in [-0.3, -0.25) is 0 Å². The van der Waals surface area contributed by atoms with Gasteiger partial charge in [-0.1, -0.05) is 6.07 Å². The van der Waals surface area contributed by atoms with E-state index in [1.54, 1.807) is 42.5 Å². The average Bonchev–Trinajstić information content (AvgIpc) is 2.32. The fourth-order valence-electron chi connectivity index (χ4n) is 1.31. The highest BCUT2D eigenvalue weighted by atomic mass is 16.3. The Labute approximate surface area is 93.6 Å². The van der Waals surface area contributed by atoms with E-state index in [4.69, 9.17) is 10.4 Å². The van der Waals surface area contributed by atoms with Crippen LogP contribution in [-0.2, 0) is 0 Å². The maximum absolute atomic E-state index is 9.13. The molecule has 1 radical (unpaired) electrons. The van der Waals surface area contributed by atoms with Gasteiger partial charge in [0.15, 0.2) is 0 Å². The van der Waals surface area contributed by atoms with Crippen LogP contribution in [0.15, 0.2) is 42.5 Å². The maximum Gasteiger partial charge on any atom is 0.115 e. The average molecular weight is 209 g/mol. The van der Waals surface area contributed by atoms with Gasteiger partial charge in [0, 0.05) is 17.4 Å². The molecule has 0 atom stereocenters. The second-order valence-electron chi connectivity index (χ2n) is 3.27. The van der Waals surface area contributed by atoms with E-state index < -0.39 is 0 Å². The fraction of sp³-hybridized carbons (Fsp3) is 0. The molecule has 0 aliphatic rings. The summed E-state index contributed by atoms with van der Waals surface area (Å²) in [6, 6.07) is 16.8. The molecule has 0 aromatic heterocycles. The first kappa shape index (κ1) is 10.1. The minimum absolute atomic E-state index is 0.223. The number of aromatic hydroxyl groups is 1. The van der Waals surface area contributed by atoms with Crippen LogP contribution in [0.2, 0.25) is 0 Å². The monoisotopic (exact) mass is 209 g/mol. The van der Waals surface area contributed by atoms with Crippen molar-refractivity contribution in [3.8, 4) is 11.8 Å². The molecule has 0 saturated heterocycles. The number of nitrogens with zero attached hydrogens (tertiary/aromatic N) is 1. The first-order valence-electron chi connectivity index (χ1n) is 4.76. The third-order valence-electron chi connectivity index (χ3n) is 2.08. The highest BCUT2D eigenvalue weighted by Gasteiger charge is 1.96. The van der Waals surface area contributed by atoms with Gasteiger partial charge in [0.1, 0.15) is 5.75 Å². The molecule has 77 valence electrons. The van der Waals surface area contributed by atoms with Crippen LogP contribution in [0.1, 0.15) is 5.56 Å². The number of nitrogens with one attached hydrogen (secondary N) is 1. The van der Waals surface area contributed by atoms with Gasteiger partial charge >= 0.3 is 0 Å². The van der Waals surface area contributed by atoms with Crippen molar-refractivity contribution in [1.82, 2.24) is 0 Å². The van der Waals surface area contributed by atoms with Crippen molar-refractivity contribution in [2.75, 3.05) is 5.32 Å². The smallest absolute Gasteiger partial charge is 0.115 e. The van der Waals surface area contributed by atoms with Gasteiger partial charge in [-0.25, -0.2) is 0 Å². The zero-order valence-corrected chi connectivity index (χ0v) is 8.44. The molecule has 0 spiro atoms. The Kier molecular flexibility index (Phi) is 2.75. The van der Waals surface area contributed by atoms with E-state index in [9.17, 15) is 0 Å². The van der Waals surface area contributed by atoms with Crippen LogP contribution in [0.4, 0.5) is 11.4 Å². The minimum atomic E-state index is 0.223. The molecule has 3 heteroatoms. The van der Waals surface area contributed by atoms with Crippen LogP contribution in [-0.4, -0.2) is 5.11 Å². The largest absolute Gasteiger partial charge is 0.508 e. The van der Waals surface area contributed by atoms with Crippen molar-refractivity contribution >= 4 is 11.4 Å². The van der Waals surface area contributed by atoms with E-state index in [-0.39, 0.29) is 5.75 Å². The lowest BCUT2D eigenvalue weighted by Crippen LogP contribution is -1.90. The summed E-state index contributed by atoms with van der Waals surface area (Å²) in [5.74, 6) is 0.223. The van der Waals surface area contributed by atoms with Crippen LogP contribution in [0.25, 0.3) is 0 Å². The van der Waals surface area contributed by atoms with Crippen LogP contribution >= 0.6 is 0 Å². The van der Waals surface area contributed by atoms with Crippen LogP contribution < -0.4 is 5.32 Å². The molecule has 0 aliphatic carbocycles. The summed E-state index contributed by atoms with van der Waals surface area (Å²) in [7, 11) is 0. The first-order chi connectivity index (χ1) is 7.78. The van der Waals surface area contributed by atoms with E-state index in [1.807, 2.05) is 0 Å². The van der Waals surface area contributed by atoms with Gasteiger partial charge in [-0.2, -0.15) is 5.26 Å². The summed E-state index contributed by atoms with van der Waals surface area (Å²) in [5, 5.41) is 21.0. The highest BCUT2D eigenvalue weighted by Crippen LogP contribution is 2.19. The number of phenols is 1. The molecule has 0 unspecified atom stereocenters. The summed E-state index contributed by atoms with van der Waals surface area (Å²) < 4.78 is 0. The Hall–Kier alpha value is -2.47. The molecule has 2 aromatic rings. The van der Waals surface area contributed by atoms with Gasteiger partial charge in [0.2, 0.25) is 0 Å². The minimum Gasteiger partial charge on any atom is -0.508 e. The second-order valence-corrected chi connectivity index (χ2v) is 3.27. The number of anilines is 2. The van der Waals surface area contributed by atoms with Gasteiger partial charge < -0.3 is 10.4 Å². The third kappa shape index (κ3) is 2.31. The molecule has 0 aliphatic heterocycles. The molecule has 2 N–H and O–H groups in total. The number of benzene rings is 2. The normalized spacial score (nSPS) is 9.44. The molecule has 0 amide bonds. The van der Waals surface area contributed by atoms with Crippen LogP contribution in [0, 0.1) is 17.4 Å². The molecular weight excluding hydrogens is 200 g/mol. The zero-order valence-electron chi connectivity index (χ0n) is 8.44. The second kappa shape index (κ2) is 4.37. The molecule has 0 heterocycles. The number of nitriles is 1. The third-order valence-corrected chi connectivity index (χ3v) is 2.08.